The lowest BCUT2D eigenvalue weighted by Crippen LogP contribution is -2.32. The molecule has 1 fully saturated rings. The predicted molar refractivity (Wildman–Crippen MR) is 103 cm³/mol. The maximum atomic E-state index is 12.4. The number of carbonyl (C=O) groups excluding carboxylic acids is 1. The van der Waals surface area contributed by atoms with E-state index in [-0.39, 0.29) is 5.91 Å². The number of nitrogens with zero attached hydrogens (tertiary/aromatic N) is 2. The highest BCUT2D eigenvalue weighted by molar-refractivity contribution is 7.99. The third-order valence-electron chi connectivity index (χ3n) is 4.06. The van der Waals surface area contributed by atoms with Crippen LogP contribution in [0.5, 0.6) is 5.88 Å². The Hall–Kier alpha value is -2.21. The molecule has 0 radical (unpaired) electrons. The van der Waals surface area contributed by atoms with Gasteiger partial charge >= 0.3 is 0 Å². The summed E-state index contributed by atoms with van der Waals surface area (Å²) >= 11 is 2.01. The van der Waals surface area contributed by atoms with E-state index < -0.39 is 0 Å². The van der Waals surface area contributed by atoms with Gasteiger partial charge in [-0.1, -0.05) is 12.1 Å². The Bertz CT molecular complexity index is 700. The molecule has 0 spiro atoms. The molecule has 2 heterocycles. The van der Waals surface area contributed by atoms with Crippen LogP contribution in [-0.2, 0) is 6.54 Å². The summed E-state index contributed by atoms with van der Waals surface area (Å²) in [5, 5.41) is 2.94. The van der Waals surface area contributed by atoms with Gasteiger partial charge in [0.15, 0.2) is 0 Å². The highest BCUT2D eigenvalue weighted by atomic mass is 32.2. The van der Waals surface area contributed by atoms with Crippen LogP contribution >= 0.6 is 11.8 Å². The molecule has 6 heteroatoms. The molecule has 1 N–H and O–H groups in total. The van der Waals surface area contributed by atoms with Crippen LogP contribution in [0.25, 0.3) is 0 Å². The zero-order valence-corrected chi connectivity index (χ0v) is 15.2. The lowest BCUT2D eigenvalue weighted by molar-refractivity contribution is 0.0946. The fourth-order valence-electron chi connectivity index (χ4n) is 2.74. The maximum absolute atomic E-state index is 12.4. The molecule has 3 rings (SSSR count). The smallest absolute Gasteiger partial charge is 0.257 e. The number of hydrogen-bond acceptors (Lipinski definition) is 5. The van der Waals surface area contributed by atoms with Crippen molar-refractivity contribution in [3.05, 3.63) is 53.7 Å². The Kier molecular flexibility index (Phi) is 6.17. The van der Waals surface area contributed by atoms with Crippen molar-refractivity contribution in [3.63, 3.8) is 0 Å². The first-order chi connectivity index (χ1) is 12.3. The maximum Gasteiger partial charge on any atom is 0.257 e. The van der Waals surface area contributed by atoms with E-state index in [2.05, 4.69) is 39.5 Å². The molecule has 1 aliphatic rings. The molecule has 2 aromatic rings. The first-order valence-electron chi connectivity index (χ1n) is 8.55. The Morgan fingerprint density at radius 1 is 1.24 bits per heavy atom. The number of nitrogens with one attached hydrogen (secondary N) is 1. The van der Waals surface area contributed by atoms with E-state index in [0.717, 1.165) is 18.7 Å². The van der Waals surface area contributed by atoms with Gasteiger partial charge in [0, 0.05) is 43.0 Å². The zero-order valence-electron chi connectivity index (χ0n) is 14.4. The second kappa shape index (κ2) is 8.76. The van der Waals surface area contributed by atoms with Crippen LogP contribution in [0.15, 0.2) is 42.6 Å². The van der Waals surface area contributed by atoms with Crippen molar-refractivity contribution in [2.45, 2.75) is 13.5 Å². The van der Waals surface area contributed by atoms with Crippen LogP contribution < -0.4 is 15.0 Å². The Morgan fingerprint density at radius 3 is 2.72 bits per heavy atom. The van der Waals surface area contributed by atoms with Crippen LogP contribution in [-0.4, -0.2) is 42.1 Å². The van der Waals surface area contributed by atoms with Gasteiger partial charge in [-0.2, -0.15) is 11.8 Å². The lowest BCUT2D eigenvalue weighted by atomic mass is 10.2. The zero-order chi connectivity index (χ0) is 17.5. The van der Waals surface area contributed by atoms with Gasteiger partial charge < -0.3 is 15.0 Å². The van der Waals surface area contributed by atoms with Crippen LogP contribution in [0, 0.1) is 0 Å². The third kappa shape index (κ3) is 4.66. The van der Waals surface area contributed by atoms with Crippen LogP contribution in [0.1, 0.15) is 22.8 Å². The minimum Gasteiger partial charge on any atom is -0.477 e. The van der Waals surface area contributed by atoms with Gasteiger partial charge in [0.25, 0.3) is 5.91 Å². The fraction of sp³-hybridized carbons (Fsp3) is 0.368. The van der Waals surface area contributed by atoms with Crippen LogP contribution in [0.3, 0.4) is 0 Å². The molecule has 0 atom stereocenters. The van der Waals surface area contributed by atoms with Crippen molar-refractivity contribution in [1.29, 1.82) is 0 Å². The standard InChI is InChI=1S/C19H23N3O2S/c1-2-24-19-17(4-3-9-20-19)18(23)21-14-15-5-7-16(8-6-15)22-10-12-25-13-11-22/h3-9H,2,10-14H2,1H3,(H,21,23). The highest BCUT2D eigenvalue weighted by Gasteiger charge is 2.13. The van der Waals surface area contributed by atoms with E-state index in [1.54, 1.807) is 18.3 Å². The summed E-state index contributed by atoms with van der Waals surface area (Å²) in [5.74, 6) is 2.57. The number of thioether (sulfide) groups is 1. The molecule has 0 aliphatic carbocycles. The average molecular weight is 357 g/mol. The number of aromatic nitrogens is 1. The lowest BCUT2D eigenvalue weighted by Gasteiger charge is -2.28. The molecule has 1 aromatic carbocycles. The largest absolute Gasteiger partial charge is 0.477 e. The number of pyridine rings is 1. The van der Waals surface area contributed by atoms with E-state index in [0.29, 0.717) is 24.6 Å². The van der Waals surface area contributed by atoms with E-state index in [4.69, 9.17) is 4.74 Å². The van der Waals surface area contributed by atoms with Crippen LogP contribution in [0.2, 0.25) is 0 Å². The Balaban J connectivity index is 1.59. The second-order valence-corrected chi connectivity index (χ2v) is 6.96. The van der Waals surface area contributed by atoms with Crippen molar-refractivity contribution >= 4 is 23.4 Å². The molecular weight excluding hydrogens is 334 g/mol. The van der Waals surface area contributed by atoms with Gasteiger partial charge in [-0.25, -0.2) is 4.98 Å². The molecule has 0 unspecified atom stereocenters. The van der Waals surface area contributed by atoms with Gasteiger partial charge in [-0.15, -0.1) is 0 Å². The van der Waals surface area contributed by atoms with Crippen molar-refractivity contribution in [3.8, 4) is 5.88 Å². The number of anilines is 1. The van der Waals surface area contributed by atoms with E-state index >= 15 is 0 Å². The first kappa shape index (κ1) is 17.6. The van der Waals surface area contributed by atoms with Crippen molar-refractivity contribution in [2.24, 2.45) is 0 Å². The van der Waals surface area contributed by atoms with Crippen molar-refractivity contribution in [1.82, 2.24) is 10.3 Å². The summed E-state index contributed by atoms with van der Waals surface area (Å²) in [7, 11) is 0. The number of amides is 1. The molecule has 1 aliphatic heterocycles. The second-order valence-electron chi connectivity index (χ2n) is 5.74. The number of hydrogen-bond donors (Lipinski definition) is 1. The quantitative estimate of drug-likeness (QED) is 0.861. The summed E-state index contributed by atoms with van der Waals surface area (Å²) in [6.45, 7) is 5.03. The predicted octanol–water partition coefficient (Wildman–Crippen LogP) is 2.96. The van der Waals surface area contributed by atoms with E-state index in [1.807, 2.05) is 18.7 Å². The Morgan fingerprint density at radius 2 is 2.00 bits per heavy atom. The minimum atomic E-state index is -0.173. The molecule has 1 amide bonds. The topological polar surface area (TPSA) is 54.5 Å². The molecular formula is C19H23N3O2S. The molecule has 0 bridgehead atoms. The first-order valence-corrected chi connectivity index (χ1v) is 9.71. The Labute approximate surface area is 152 Å². The summed E-state index contributed by atoms with van der Waals surface area (Å²) < 4.78 is 5.41. The summed E-state index contributed by atoms with van der Waals surface area (Å²) in [4.78, 5) is 18.9. The molecule has 25 heavy (non-hydrogen) atoms. The summed E-state index contributed by atoms with van der Waals surface area (Å²) in [6, 6.07) is 11.9. The SMILES string of the molecule is CCOc1ncccc1C(=O)NCc1ccc(N2CCSCC2)cc1. The highest BCUT2D eigenvalue weighted by Crippen LogP contribution is 2.20. The number of rotatable bonds is 6. The summed E-state index contributed by atoms with van der Waals surface area (Å²) in [5.41, 5.74) is 2.79. The third-order valence-corrected chi connectivity index (χ3v) is 5.00. The van der Waals surface area contributed by atoms with Gasteiger partial charge in [0.05, 0.1) is 6.61 Å². The average Bonchev–Trinajstić information content (AvgIpc) is 2.68. The molecule has 0 saturated carbocycles. The van der Waals surface area contributed by atoms with Gasteiger partial charge in [-0.05, 0) is 36.8 Å². The normalized spacial score (nSPS) is 14.2. The molecule has 132 valence electrons. The van der Waals surface area contributed by atoms with Gasteiger partial charge in [0.2, 0.25) is 5.88 Å². The summed E-state index contributed by atoms with van der Waals surface area (Å²) in [6.07, 6.45) is 1.62. The van der Waals surface area contributed by atoms with Crippen molar-refractivity contribution < 1.29 is 9.53 Å². The van der Waals surface area contributed by atoms with E-state index in [9.17, 15) is 4.79 Å². The minimum absolute atomic E-state index is 0.173. The molecule has 5 nitrogen and oxygen atoms in total. The number of benzene rings is 1. The molecule has 1 aromatic heterocycles. The molecule has 1 saturated heterocycles. The van der Waals surface area contributed by atoms with Crippen molar-refractivity contribution in [2.75, 3.05) is 36.1 Å². The van der Waals surface area contributed by atoms with Gasteiger partial charge in [0.1, 0.15) is 5.56 Å². The monoisotopic (exact) mass is 357 g/mol. The number of ether oxygens (including phenoxy) is 1. The van der Waals surface area contributed by atoms with Gasteiger partial charge in [-0.3, -0.25) is 4.79 Å². The fourth-order valence-corrected chi connectivity index (χ4v) is 3.64. The van der Waals surface area contributed by atoms with E-state index in [1.165, 1.54) is 17.2 Å². The number of carbonyl (C=O) groups is 1. The van der Waals surface area contributed by atoms with Crippen LogP contribution in [0.4, 0.5) is 5.69 Å².